The topological polar surface area (TPSA) is 68.0 Å². The summed E-state index contributed by atoms with van der Waals surface area (Å²) in [6, 6.07) is 6.97. The maximum Gasteiger partial charge on any atom is 0.251 e. The first-order valence-corrected chi connectivity index (χ1v) is 5.49. The van der Waals surface area contributed by atoms with E-state index in [4.69, 9.17) is 16.1 Å². The van der Waals surface area contributed by atoms with E-state index in [1.54, 1.807) is 31.3 Å². The van der Waals surface area contributed by atoms with Gasteiger partial charge in [-0.05, 0) is 12.1 Å². The quantitative estimate of drug-likeness (QED) is 0.845. The molecule has 0 saturated carbocycles. The second-order valence-corrected chi connectivity index (χ2v) is 3.57. The Morgan fingerprint density at radius 3 is 3.00 bits per heavy atom. The zero-order valence-electron chi connectivity index (χ0n) is 9.11. The molecule has 0 aliphatic rings. The van der Waals surface area contributed by atoms with Crippen LogP contribution in [0, 0.1) is 0 Å². The number of rotatable bonds is 3. The Morgan fingerprint density at radius 2 is 2.35 bits per heavy atom. The minimum absolute atomic E-state index is 0.159. The molecule has 0 unspecified atom stereocenters. The van der Waals surface area contributed by atoms with Crippen LogP contribution < -0.4 is 5.32 Å². The highest BCUT2D eigenvalue weighted by molar-refractivity contribution is 6.16. The monoisotopic (exact) mass is 251 g/mol. The third kappa shape index (κ3) is 2.45. The first-order valence-electron chi connectivity index (χ1n) is 4.95. The van der Waals surface area contributed by atoms with Crippen molar-refractivity contribution in [2.45, 2.75) is 5.88 Å². The van der Waals surface area contributed by atoms with E-state index in [9.17, 15) is 4.79 Å². The van der Waals surface area contributed by atoms with E-state index in [-0.39, 0.29) is 11.8 Å². The average Bonchev–Trinajstić information content (AvgIpc) is 2.86. The van der Waals surface area contributed by atoms with Crippen LogP contribution in [0.5, 0.6) is 0 Å². The molecule has 0 atom stereocenters. The van der Waals surface area contributed by atoms with Crippen molar-refractivity contribution in [2.24, 2.45) is 0 Å². The number of hydrogen-bond donors (Lipinski definition) is 1. The first kappa shape index (κ1) is 11.6. The summed E-state index contributed by atoms with van der Waals surface area (Å²) in [5.41, 5.74) is 1.26. The van der Waals surface area contributed by atoms with Gasteiger partial charge < -0.3 is 9.84 Å². The lowest BCUT2D eigenvalue weighted by molar-refractivity contribution is 0.0963. The predicted molar refractivity (Wildman–Crippen MR) is 62.7 cm³/mol. The van der Waals surface area contributed by atoms with Gasteiger partial charge in [0, 0.05) is 18.2 Å². The molecule has 1 heterocycles. The summed E-state index contributed by atoms with van der Waals surface area (Å²) in [4.78, 5) is 15.5. The number of carbonyl (C=O) groups excluding carboxylic acids is 1. The van der Waals surface area contributed by atoms with Gasteiger partial charge in [0.25, 0.3) is 5.91 Å². The zero-order valence-corrected chi connectivity index (χ0v) is 9.86. The highest BCUT2D eigenvalue weighted by Crippen LogP contribution is 2.17. The molecule has 1 amide bonds. The lowest BCUT2D eigenvalue weighted by Crippen LogP contribution is -2.17. The van der Waals surface area contributed by atoms with Crippen molar-refractivity contribution in [3.8, 4) is 11.4 Å². The van der Waals surface area contributed by atoms with E-state index in [1.807, 2.05) is 0 Å². The summed E-state index contributed by atoms with van der Waals surface area (Å²) in [6.07, 6.45) is 0. The number of carbonyl (C=O) groups is 1. The molecule has 2 aromatic rings. The molecular formula is C11H10ClN3O2. The molecule has 0 aliphatic heterocycles. The van der Waals surface area contributed by atoms with Crippen molar-refractivity contribution in [2.75, 3.05) is 7.05 Å². The standard InChI is InChI=1S/C11H10ClN3O2/c1-13-11(16)8-4-2-3-7(5-8)10-14-9(6-12)17-15-10/h2-5H,6H2,1H3,(H,13,16). The van der Waals surface area contributed by atoms with Crippen LogP contribution in [0.25, 0.3) is 11.4 Å². The van der Waals surface area contributed by atoms with Crippen molar-refractivity contribution >= 4 is 17.5 Å². The van der Waals surface area contributed by atoms with Crippen LogP contribution in [-0.4, -0.2) is 23.1 Å². The average molecular weight is 252 g/mol. The van der Waals surface area contributed by atoms with Gasteiger partial charge in [-0.2, -0.15) is 4.98 Å². The molecule has 2 rings (SSSR count). The SMILES string of the molecule is CNC(=O)c1cccc(-c2noc(CCl)n2)c1. The second kappa shape index (κ2) is 4.97. The van der Waals surface area contributed by atoms with Crippen LogP contribution in [0.1, 0.15) is 16.2 Å². The van der Waals surface area contributed by atoms with Gasteiger partial charge in [0.2, 0.25) is 11.7 Å². The number of hydrogen-bond acceptors (Lipinski definition) is 4. The van der Waals surface area contributed by atoms with Crippen LogP contribution in [0.2, 0.25) is 0 Å². The highest BCUT2D eigenvalue weighted by Gasteiger charge is 2.10. The Kier molecular flexibility index (Phi) is 3.39. The summed E-state index contributed by atoms with van der Waals surface area (Å²) in [7, 11) is 1.58. The lowest BCUT2D eigenvalue weighted by atomic mass is 10.1. The summed E-state index contributed by atoms with van der Waals surface area (Å²) in [6.45, 7) is 0. The van der Waals surface area contributed by atoms with Gasteiger partial charge in [-0.3, -0.25) is 4.79 Å². The van der Waals surface area contributed by atoms with Crippen LogP contribution in [0.15, 0.2) is 28.8 Å². The van der Waals surface area contributed by atoms with Crippen molar-refractivity contribution < 1.29 is 9.32 Å². The molecule has 6 heteroatoms. The van der Waals surface area contributed by atoms with Gasteiger partial charge in [0.05, 0.1) is 0 Å². The van der Waals surface area contributed by atoms with E-state index >= 15 is 0 Å². The number of alkyl halides is 1. The van der Waals surface area contributed by atoms with Gasteiger partial charge in [-0.1, -0.05) is 17.3 Å². The van der Waals surface area contributed by atoms with Crippen LogP contribution in [0.4, 0.5) is 0 Å². The summed E-state index contributed by atoms with van der Waals surface area (Å²) in [5.74, 6) is 0.786. The normalized spacial score (nSPS) is 10.2. The fraction of sp³-hybridized carbons (Fsp3) is 0.182. The Hall–Kier alpha value is -1.88. The number of nitrogens with zero attached hydrogens (tertiary/aromatic N) is 2. The molecular weight excluding hydrogens is 242 g/mol. The molecule has 0 radical (unpaired) electrons. The summed E-state index contributed by atoms with van der Waals surface area (Å²) >= 11 is 5.57. The van der Waals surface area contributed by atoms with Crippen molar-refractivity contribution in [3.63, 3.8) is 0 Å². The van der Waals surface area contributed by atoms with Crippen LogP contribution in [0.3, 0.4) is 0 Å². The van der Waals surface area contributed by atoms with E-state index in [0.29, 0.717) is 22.8 Å². The molecule has 1 N–H and O–H groups in total. The Bertz CT molecular complexity index is 539. The van der Waals surface area contributed by atoms with E-state index < -0.39 is 0 Å². The Balaban J connectivity index is 2.35. The number of aromatic nitrogens is 2. The number of halogens is 1. The van der Waals surface area contributed by atoms with E-state index in [2.05, 4.69) is 15.5 Å². The maximum absolute atomic E-state index is 11.5. The number of amides is 1. The largest absolute Gasteiger partial charge is 0.355 e. The molecule has 0 spiro atoms. The fourth-order valence-corrected chi connectivity index (χ4v) is 1.48. The molecule has 88 valence electrons. The van der Waals surface area contributed by atoms with Crippen molar-refractivity contribution in [3.05, 3.63) is 35.7 Å². The Labute approximate surface area is 103 Å². The third-order valence-corrected chi connectivity index (χ3v) is 2.42. The molecule has 0 bridgehead atoms. The first-order chi connectivity index (χ1) is 8.24. The molecule has 0 aliphatic carbocycles. The van der Waals surface area contributed by atoms with E-state index in [0.717, 1.165) is 0 Å². The highest BCUT2D eigenvalue weighted by atomic mass is 35.5. The van der Waals surface area contributed by atoms with Crippen molar-refractivity contribution in [1.82, 2.24) is 15.5 Å². The minimum Gasteiger partial charge on any atom is -0.355 e. The second-order valence-electron chi connectivity index (χ2n) is 3.31. The molecule has 17 heavy (non-hydrogen) atoms. The van der Waals surface area contributed by atoms with Gasteiger partial charge in [0.15, 0.2) is 0 Å². The molecule has 1 aromatic carbocycles. The smallest absolute Gasteiger partial charge is 0.251 e. The molecule has 5 nitrogen and oxygen atoms in total. The van der Waals surface area contributed by atoms with Gasteiger partial charge in [-0.15, -0.1) is 11.6 Å². The van der Waals surface area contributed by atoms with E-state index in [1.165, 1.54) is 0 Å². The number of nitrogens with one attached hydrogen (secondary N) is 1. The summed E-state index contributed by atoms with van der Waals surface area (Å²) in [5, 5.41) is 6.33. The molecule has 0 fully saturated rings. The Morgan fingerprint density at radius 1 is 1.53 bits per heavy atom. The maximum atomic E-state index is 11.5. The summed E-state index contributed by atoms with van der Waals surface area (Å²) < 4.78 is 4.90. The predicted octanol–water partition coefficient (Wildman–Crippen LogP) is 1.83. The lowest BCUT2D eigenvalue weighted by Gasteiger charge is -2.00. The number of benzene rings is 1. The van der Waals surface area contributed by atoms with Gasteiger partial charge >= 0.3 is 0 Å². The zero-order chi connectivity index (χ0) is 12.3. The fourth-order valence-electron chi connectivity index (χ4n) is 1.37. The molecule has 0 saturated heterocycles. The van der Waals surface area contributed by atoms with Gasteiger partial charge in [-0.25, -0.2) is 0 Å². The van der Waals surface area contributed by atoms with Gasteiger partial charge in [0.1, 0.15) is 5.88 Å². The van der Waals surface area contributed by atoms with Crippen molar-refractivity contribution in [1.29, 1.82) is 0 Å². The third-order valence-electron chi connectivity index (χ3n) is 2.19. The van der Waals surface area contributed by atoms with Crippen LogP contribution in [-0.2, 0) is 5.88 Å². The van der Waals surface area contributed by atoms with Crippen LogP contribution >= 0.6 is 11.6 Å². The minimum atomic E-state index is -0.159. The molecule has 1 aromatic heterocycles.